The minimum Gasteiger partial charge on any atom is -0.497 e. The minimum absolute atomic E-state index is 0.157. The van der Waals surface area contributed by atoms with Crippen LogP contribution >= 0.6 is 0 Å². The number of carbonyl (C=O) groups is 1. The zero-order chi connectivity index (χ0) is 14.4. The minimum atomic E-state index is 0.157. The van der Waals surface area contributed by atoms with E-state index in [9.17, 15) is 4.79 Å². The zero-order valence-corrected chi connectivity index (χ0v) is 12.4. The van der Waals surface area contributed by atoms with Gasteiger partial charge in [-0.3, -0.25) is 0 Å². The Balaban J connectivity index is 3.04. The monoisotopic (exact) mass is 265 g/mol. The van der Waals surface area contributed by atoms with E-state index in [4.69, 9.17) is 9.47 Å². The molecule has 0 amide bonds. The molecule has 0 saturated carbocycles. The summed E-state index contributed by atoms with van der Waals surface area (Å²) in [6, 6.07) is 5.95. The molecule has 0 aromatic heterocycles. The lowest BCUT2D eigenvalue weighted by atomic mass is 9.98. The molecule has 1 unspecified atom stereocenters. The highest BCUT2D eigenvalue weighted by atomic mass is 16.5. The Morgan fingerprint density at radius 3 is 2.42 bits per heavy atom. The summed E-state index contributed by atoms with van der Waals surface area (Å²) in [5, 5.41) is 0. The van der Waals surface area contributed by atoms with Gasteiger partial charge >= 0.3 is 0 Å². The Hall–Kier alpha value is -1.55. The van der Waals surface area contributed by atoms with Gasteiger partial charge < -0.3 is 19.2 Å². The largest absolute Gasteiger partial charge is 0.497 e. The Bertz CT molecular complexity index is 429. The molecule has 0 aliphatic carbocycles. The van der Waals surface area contributed by atoms with Gasteiger partial charge in [0, 0.05) is 24.1 Å². The first-order chi connectivity index (χ1) is 8.99. The third kappa shape index (κ3) is 4.24. The summed E-state index contributed by atoms with van der Waals surface area (Å²) in [5.74, 6) is 1.77. The molecule has 0 radical (unpaired) electrons. The molecule has 4 nitrogen and oxygen atoms in total. The van der Waals surface area contributed by atoms with E-state index in [-0.39, 0.29) is 11.8 Å². The number of methoxy groups -OCH3 is 2. The van der Waals surface area contributed by atoms with Gasteiger partial charge in [0.2, 0.25) is 0 Å². The molecule has 0 saturated heterocycles. The predicted molar refractivity (Wildman–Crippen MR) is 75.9 cm³/mol. The number of Topliss-reactive ketones (excluding diaryl/α,β-unsaturated/α-hetero) is 1. The third-order valence-electron chi connectivity index (χ3n) is 3.19. The van der Waals surface area contributed by atoms with Gasteiger partial charge in [-0.2, -0.15) is 0 Å². The van der Waals surface area contributed by atoms with Crippen LogP contribution in [0.15, 0.2) is 18.2 Å². The summed E-state index contributed by atoms with van der Waals surface area (Å²) < 4.78 is 10.6. The predicted octanol–water partition coefficient (Wildman–Crippen LogP) is 2.68. The highest BCUT2D eigenvalue weighted by Crippen LogP contribution is 2.34. The van der Waals surface area contributed by atoms with E-state index in [1.54, 1.807) is 21.1 Å². The van der Waals surface area contributed by atoms with E-state index in [2.05, 4.69) is 4.90 Å². The van der Waals surface area contributed by atoms with Gasteiger partial charge in [0.15, 0.2) is 0 Å². The van der Waals surface area contributed by atoms with Crippen molar-refractivity contribution < 1.29 is 14.3 Å². The number of ketones is 1. The average Bonchev–Trinajstić information content (AvgIpc) is 2.38. The van der Waals surface area contributed by atoms with Crippen LogP contribution < -0.4 is 9.47 Å². The van der Waals surface area contributed by atoms with Gasteiger partial charge in [-0.1, -0.05) is 6.07 Å². The van der Waals surface area contributed by atoms with Crippen molar-refractivity contribution in [3.8, 4) is 11.5 Å². The van der Waals surface area contributed by atoms with Crippen molar-refractivity contribution in [1.29, 1.82) is 0 Å². The molecule has 1 atom stereocenters. The van der Waals surface area contributed by atoms with Crippen LogP contribution in [-0.4, -0.2) is 39.0 Å². The Morgan fingerprint density at radius 1 is 1.26 bits per heavy atom. The molecular formula is C15H23NO3. The first kappa shape index (κ1) is 15.5. The van der Waals surface area contributed by atoms with Crippen LogP contribution in [0.3, 0.4) is 0 Å². The van der Waals surface area contributed by atoms with Crippen molar-refractivity contribution in [3.63, 3.8) is 0 Å². The molecule has 0 bridgehead atoms. The molecule has 106 valence electrons. The average molecular weight is 265 g/mol. The van der Waals surface area contributed by atoms with Crippen LogP contribution in [0.5, 0.6) is 11.5 Å². The van der Waals surface area contributed by atoms with Crippen LogP contribution in [-0.2, 0) is 4.79 Å². The number of carbonyl (C=O) groups excluding carboxylic acids is 1. The highest BCUT2D eigenvalue weighted by molar-refractivity contribution is 5.75. The van der Waals surface area contributed by atoms with E-state index in [0.29, 0.717) is 6.42 Å². The quantitative estimate of drug-likeness (QED) is 0.760. The number of hydrogen-bond donors (Lipinski definition) is 0. The smallest absolute Gasteiger partial charge is 0.129 e. The molecule has 1 rings (SSSR count). The van der Waals surface area contributed by atoms with Crippen molar-refractivity contribution in [2.75, 3.05) is 28.3 Å². The van der Waals surface area contributed by atoms with E-state index >= 15 is 0 Å². The molecular weight excluding hydrogens is 242 g/mol. The number of benzene rings is 1. The lowest BCUT2D eigenvalue weighted by Gasteiger charge is -2.26. The molecule has 1 aromatic carbocycles. The molecule has 0 N–H and O–H groups in total. The van der Waals surface area contributed by atoms with Gasteiger partial charge in [0.25, 0.3) is 0 Å². The number of hydrogen-bond acceptors (Lipinski definition) is 4. The first-order valence-electron chi connectivity index (χ1n) is 6.37. The van der Waals surface area contributed by atoms with E-state index < -0.39 is 0 Å². The van der Waals surface area contributed by atoms with Gasteiger partial charge in [-0.25, -0.2) is 0 Å². The van der Waals surface area contributed by atoms with E-state index in [1.165, 1.54) is 0 Å². The maximum absolute atomic E-state index is 11.2. The second-order valence-electron chi connectivity index (χ2n) is 4.83. The maximum Gasteiger partial charge on any atom is 0.129 e. The maximum atomic E-state index is 11.2. The fraction of sp³-hybridized carbons (Fsp3) is 0.533. The van der Waals surface area contributed by atoms with Crippen LogP contribution in [0.25, 0.3) is 0 Å². The molecule has 19 heavy (non-hydrogen) atoms. The van der Waals surface area contributed by atoms with Crippen LogP contribution in [0.1, 0.15) is 31.4 Å². The molecule has 0 aliphatic heterocycles. The highest BCUT2D eigenvalue weighted by Gasteiger charge is 2.19. The van der Waals surface area contributed by atoms with Crippen LogP contribution in [0.2, 0.25) is 0 Å². The summed E-state index contributed by atoms with van der Waals surface area (Å²) in [6.07, 6.45) is 1.35. The van der Waals surface area contributed by atoms with Crippen LogP contribution in [0.4, 0.5) is 0 Å². The number of rotatable bonds is 7. The van der Waals surface area contributed by atoms with Crippen molar-refractivity contribution >= 4 is 5.78 Å². The lowest BCUT2D eigenvalue weighted by Crippen LogP contribution is -2.21. The van der Waals surface area contributed by atoms with E-state index in [0.717, 1.165) is 23.5 Å². The SMILES string of the molecule is COc1ccc(C(CCC(C)=O)N(C)C)c(OC)c1. The first-order valence-corrected chi connectivity index (χ1v) is 6.37. The second kappa shape index (κ2) is 7.14. The third-order valence-corrected chi connectivity index (χ3v) is 3.19. The lowest BCUT2D eigenvalue weighted by molar-refractivity contribution is -0.117. The van der Waals surface area contributed by atoms with Crippen molar-refractivity contribution in [2.45, 2.75) is 25.8 Å². The fourth-order valence-corrected chi connectivity index (χ4v) is 2.13. The van der Waals surface area contributed by atoms with Gasteiger partial charge in [-0.05, 0) is 33.5 Å². The van der Waals surface area contributed by atoms with Gasteiger partial charge in [0.1, 0.15) is 17.3 Å². The second-order valence-corrected chi connectivity index (χ2v) is 4.83. The van der Waals surface area contributed by atoms with Crippen LogP contribution in [0, 0.1) is 0 Å². The summed E-state index contributed by atoms with van der Waals surface area (Å²) >= 11 is 0. The molecule has 0 aliphatic rings. The number of nitrogens with zero attached hydrogens (tertiary/aromatic N) is 1. The molecule has 4 heteroatoms. The molecule has 0 fully saturated rings. The van der Waals surface area contributed by atoms with Gasteiger partial charge in [-0.15, -0.1) is 0 Å². The molecule has 1 aromatic rings. The Morgan fingerprint density at radius 2 is 1.95 bits per heavy atom. The van der Waals surface area contributed by atoms with Crippen molar-refractivity contribution in [3.05, 3.63) is 23.8 Å². The fourth-order valence-electron chi connectivity index (χ4n) is 2.13. The van der Waals surface area contributed by atoms with Gasteiger partial charge in [0.05, 0.1) is 14.2 Å². The molecule has 0 spiro atoms. The standard InChI is InChI=1S/C15H23NO3/c1-11(17)6-9-14(16(2)3)13-8-7-12(18-4)10-15(13)19-5/h7-8,10,14H,6,9H2,1-5H3. The Kier molecular flexibility index (Phi) is 5.83. The topological polar surface area (TPSA) is 38.8 Å². The summed E-state index contributed by atoms with van der Waals surface area (Å²) in [6.45, 7) is 1.62. The summed E-state index contributed by atoms with van der Waals surface area (Å²) in [7, 11) is 7.30. The normalized spacial score (nSPS) is 12.3. The van der Waals surface area contributed by atoms with Crippen molar-refractivity contribution in [1.82, 2.24) is 4.90 Å². The zero-order valence-electron chi connectivity index (χ0n) is 12.4. The van der Waals surface area contributed by atoms with Crippen molar-refractivity contribution in [2.24, 2.45) is 0 Å². The number of ether oxygens (including phenoxy) is 2. The summed E-state index contributed by atoms with van der Waals surface area (Å²) in [5.41, 5.74) is 1.08. The molecule has 0 heterocycles. The summed E-state index contributed by atoms with van der Waals surface area (Å²) in [4.78, 5) is 13.3. The van der Waals surface area contributed by atoms with E-state index in [1.807, 2.05) is 32.3 Å². The Labute approximate surface area is 115 Å².